The molecule has 0 radical (unpaired) electrons. The Bertz CT molecular complexity index is 2080. The molecule has 0 aromatic heterocycles. The molecule has 386 valence electrons. The number of esters is 1. The lowest BCUT2D eigenvalue weighted by molar-refractivity contribution is -0.162. The Hall–Kier alpha value is -4.05. The highest BCUT2D eigenvalue weighted by Crippen LogP contribution is 2.49. The van der Waals surface area contributed by atoms with E-state index in [1.165, 1.54) is 31.1 Å². The number of epoxide rings is 1. The second-order valence-corrected chi connectivity index (χ2v) is 22.5. The van der Waals surface area contributed by atoms with Gasteiger partial charge in [-0.2, -0.15) is 0 Å². The van der Waals surface area contributed by atoms with Crippen LogP contribution < -0.4 is 26.0 Å². The molecule has 3 aliphatic rings. The summed E-state index contributed by atoms with van der Waals surface area (Å²) >= 11 is 6.82. The van der Waals surface area contributed by atoms with Crippen LogP contribution in [0.1, 0.15) is 105 Å². The number of benzene rings is 1. The summed E-state index contributed by atoms with van der Waals surface area (Å²) in [6.07, 6.45) is 3.92. The maximum atomic E-state index is 14.3. The number of ether oxygens (including phenoxy) is 5. The molecule has 1 aromatic rings. The Kier molecular flexibility index (Phi) is 21.1. The van der Waals surface area contributed by atoms with Crippen molar-refractivity contribution in [3.05, 3.63) is 46.5 Å². The van der Waals surface area contributed by atoms with Crippen LogP contribution in [0.3, 0.4) is 0 Å². The van der Waals surface area contributed by atoms with Crippen LogP contribution in [0.5, 0.6) is 5.75 Å². The number of halogens is 1. The van der Waals surface area contributed by atoms with E-state index in [2.05, 4.69) is 10.6 Å². The number of allylic oxidation sites excluding steroid dienone is 3. The SMILES string of the molecule is COc1cc2cc(c1Cl)N(C)C(=O)CC(OC(=O)[C@H](C)N(C)C(=O)CCC(C)(C)SSCCCC(=O)NCCCC[C@H](N)C(=O)O)C1(C)OC1C(C)C1CC(O)(NC(=O)O1)C(OC)/C=C/C=C(\C)C2. The molecule has 69 heavy (non-hydrogen) atoms. The van der Waals surface area contributed by atoms with Crippen LogP contribution in [0.4, 0.5) is 10.5 Å². The summed E-state index contributed by atoms with van der Waals surface area (Å²) in [6, 6.07) is 1.62. The summed E-state index contributed by atoms with van der Waals surface area (Å²) in [4.78, 5) is 80.8. The van der Waals surface area contributed by atoms with Crippen LogP contribution in [0.2, 0.25) is 5.02 Å². The van der Waals surface area contributed by atoms with Crippen LogP contribution in [0, 0.1) is 5.92 Å². The molecule has 2 saturated heterocycles. The van der Waals surface area contributed by atoms with E-state index in [-0.39, 0.29) is 40.8 Å². The fourth-order valence-electron chi connectivity index (χ4n) is 8.27. The van der Waals surface area contributed by atoms with Crippen LogP contribution >= 0.6 is 33.2 Å². The molecule has 1 aromatic carbocycles. The second-order valence-electron chi connectivity index (χ2n) is 19.0. The summed E-state index contributed by atoms with van der Waals surface area (Å²) in [5.41, 5.74) is 4.46. The number of aliphatic hydroxyl groups is 1. The number of carbonyl (C=O) groups is 6. The smallest absolute Gasteiger partial charge is 0.409 e. The molecule has 4 bridgehead atoms. The van der Waals surface area contributed by atoms with Gasteiger partial charge < -0.3 is 54.7 Å². The van der Waals surface area contributed by atoms with Crippen molar-refractivity contribution in [3.8, 4) is 5.75 Å². The molecule has 9 atom stereocenters. The Labute approximate surface area is 418 Å². The number of carboxylic acids is 1. The molecule has 3 aliphatic heterocycles. The number of hydrogen-bond acceptors (Lipinski definition) is 15. The average Bonchev–Trinajstić information content (AvgIpc) is 3.99. The molecule has 21 heteroatoms. The third-order valence-corrected chi connectivity index (χ3v) is 16.8. The first-order valence-corrected chi connectivity index (χ1v) is 26.0. The number of alkyl carbamates (subject to hydrolysis) is 1. The second kappa shape index (κ2) is 25.4. The third-order valence-electron chi connectivity index (χ3n) is 13.0. The van der Waals surface area contributed by atoms with Crippen LogP contribution in [-0.2, 0) is 49.3 Å². The van der Waals surface area contributed by atoms with Gasteiger partial charge in [0.1, 0.15) is 46.8 Å². The van der Waals surface area contributed by atoms with Crippen LogP contribution in [0.25, 0.3) is 0 Å². The van der Waals surface area contributed by atoms with Crippen molar-refractivity contribution in [1.29, 1.82) is 0 Å². The zero-order valence-electron chi connectivity index (χ0n) is 41.5. The van der Waals surface area contributed by atoms with Crippen molar-refractivity contribution >= 4 is 74.6 Å². The predicted molar refractivity (Wildman–Crippen MR) is 266 cm³/mol. The van der Waals surface area contributed by atoms with Crippen LogP contribution in [0.15, 0.2) is 35.9 Å². The number of hydrogen-bond donors (Lipinski definition) is 5. The molecule has 0 spiro atoms. The van der Waals surface area contributed by atoms with E-state index in [0.29, 0.717) is 62.9 Å². The van der Waals surface area contributed by atoms with Crippen molar-refractivity contribution in [3.63, 3.8) is 0 Å². The van der Waals surface area contributed by atoms with Gasteiger partial charge in [0.25, 0.3) is 0 Å². The first-order chi connectivity index (χ1) is 32.4. The van der Waals surface area contributed by atoms with E-state index in [0.717, 1.165) is 16.9 Å². The van der Waals surface area contributed by atoms with E-state index < -0.39 is 77.7 Å². The van der Waals surface area contributed by atoms with Crippen molar-refractivity contribution in [2.75, 3.05) is 45.5 Å². The highest BCUT2D eigenvalue weighted by molar-refractivity contribution is 8.77. The normalized spacial score (nSPS) is 27.3. The summed E-state index contributed by atoms with van der Waals surface area (Å²) in [7, 11) is 9.23. The van der Waals surface area contributed by atoms with E-state index in [9.17, 15) is 33.9 Å². The fourth-order valence-corrected chi connectivity index (χ4v) is 11.2. The molecule has 2 fully saturated rings. The summed E-state index contributed by atoms with van der Waals surface area (Å²) in [5, 5.41) is 26.3. The number of aliphatic carboxylic acids is 1. The summed E-state index contributed by atoms with van der Waals surface area (Å²) in [5.74, 6) is -2.10. The molecule has 18 nitrogen and oxygen atoms in total. The van der Waals surface area contributed by atoms with Crippen LogP contribution in [-0.4, -0.2) is 144 Å². The maximum absolute atomic E-state index is 14.3. The van der Waals surface area contributed by atoms with E-state index in [4.69, 9.17) is 46.1 Å². The molecule has 4 amide bonds. The number of unbranched alkanes of at least 4 members (excludes halogenated alkanes) is 1. The molecule has 3 heterocycles. The predicted octanol–water partition coefficient (Wildman–Crippen LogP) is 5.93. The lowest BCUT2D eigenvalue weighted by Crippen LogP contribution is -2.63. The number of nitrogens with two attached hydrogens (primary N) is 1. The zero-order chi connectivity index (χ0) is 51.4. The van der Waals surface area contributed by atoms with Crippen molar-refractivity contribution in [1.82, 2.24) is 15.5 Å². The first kappa shape index (κ1) is 57.5. The molecular weight excluding hydrogens is 954 g/mol. The van der Waals surface area contributed by atoms with Gasteiger partial charge in [0, 0.05) is 63.4 Å². The molecule has 4 rings (SSSR count). The molecular formula is C48H72ClN5O13S2. The summed E-state index contributed by atoms with van der Waals surface area (Å²) in [6.45, 7) is 11.5. The molecule has 0 saturated carbocycles. The minimum absolute atomic E-state index is 0.0688. The van der Waals surface area contributed by atoms with Gasteiger partial charge in [-0.05, 0) is 90.8 Å². The highest BCUT2D eigenvalue weighted by atomic mass is 35.5. The number of rotatable bonds is 20. The molecule has 6 N–H and O–H groups in total. The minimum Gasteiger partial charge on any atom is -0.495 e. The lowest BCUT2D eigenvalue weighted by Gasteiger charge is -2.42. The van der Waals surface area contributed by atoms with Crippen molar-refractivity contribution in [2.45, 2.75) is 158 Å². The number of likely N-dealkylation sites (N-methyl/N-ethyl adjacent to an activating group) is 1. The fraction of sp³-hybridized carbons (Fsp3) is 0.667. The third kappa shape index (κ3) is 16.0. The Balaban J connectivity index is 1.44. The molecule has 7 unspecified atom stereocenters. The van der Waals surface area contributed by atoms with Gasteiger partial charge in [-0.15, -0.1) is 0 Å². The number of carbonyl (C=O) groups excluding carboxylic acids is 5. The molecule has 0 aliphatic carbocycles. The van der Waals surface area contributed by atoms with Gasteiger partial charge in [0.2, 0.25) is 17.7 Å². The Morgan fingerprint density at radius 1 is 1.16 bits per heavy atom. The van der Waals surface area contributed by atoms with Gasteiger partial charge in [-0.3, -0.25) is 24.5 Å². The van der Waals surface area contributed by atoms with E-state index >= 15 is 0 Å². The lowest BCUT2D eigenvalue weighted by atomic mass is 9.83. The minimum atomic E-state index is -1.86. The summed E-state index contributed by atoms with van der Waals surface area (Å²) < 4.78 is 29.2. The first-order valence-electron chi connectivity index (χ1n) is 23.3. The van der Waals surface area contributed by atoms with E-state index in [1.54, 1.807) is 73.7 Å². The quantitative estimate of drug-likeness (QED) is 0.0439. The monoisotopic (exact) mass is 1030 g/mol. The number of nitrogens with zero attached hydrogens (tertiary/aromatic N) is 2. The number of carboxylic acid groups (broad SMARTS) is 1. The largest absolute Gasteiger partial charge is 0.495 e. The number of anilines is 1. The van der Waals surface area contributed by atoms with Crippen molar-refractivity contribution in [2.24, 2.45) is 11.7 Å². The van der Waals surface area contributed by atoms with Gasteiger partial charge in [0.15, 0.2) is 5.72 Å². The van der Waals surface area contributed by atoms with Gasteiger partial charge in [-0.25, -0.2) is 9.59 Å². The topological polar surface area (TPSA) is 249 Å². The maximum Gasteiger partial charge on any atom is 0.409 e. The van der Waals surface area contributed by atoms with E-state index in [1.807, 2.05) is 26.8 Å². The Morgan fingerprint density at radius 2 is 1.87 bits per heavy atom. The standard InChI is InChI=1S/C48H72ClN5O13S2/c1-28-15-13-17-36(64-10)48(62)27-35(65-45(61)52-48)29(2)42-47(6,67-42)37(26-40(57)54(8)33-24-31(23-28)25-34(63-9)41(33)49)66-44(60)30(3)53(7)39(56)19-20-46(4,5)69-68-22-14-18-38(55)51-21-12-11-16-32(50)43(58)59/h13,15,17,24-25,29-30,32,35-37,42,62H,11-12,14,16,18-23,26-27,50H2,1-10H3,(H,51,55)(H,52,61)(H,58,59)/b17-13+,28-15+/t29?,30-,32-,35?,36?,37?,42?,47?,48?/m0/s1. The van der Waals surface area contributed by atoms with Gasteiger partial charge in [-0.1, -0.05) is 63.9 Å². The van der Waals surface area contributed by atoms with Gasteiger partial charge in [0.05, 0.1) is 25.3 Å². The Morgan fingerprint density at radius 3 is 2.54 bits per heavy atom. The van der Waals surface area contributed by atoms with Crippen molar-refractivity contribution < 1.29 is 62.7 Å². The zero-order valence-corrected chi connectivity index (χ0v) is 43.9. The number of nitrogens with one attached hydrogen (secondary N) is 2. The number of amides is 4. The number of methoxy groups -OCH3 is 2. The highest BCUT2D eigenvalue weighted by Gasteiger charge is 2.64. The number of fused-ring (bicyclic) bond motifs is 5. The average molecular weight is 1030 g/mol. The van der Waals surface area contributed by atoms with Gasteiger partial charge >= 0.3 is 18.0 Å².